The molecule has 1 aromatic heterocycles. The Morgan fingerprint density at radius 1 is 1.41 bits per heavy atom. The van der Waals surface area contributed by atoms with Gasteiger partial charge in [0.2, 0.25) is 0 Å². The Labute approximate surface area is 106 Å². The van der Waals surface area contributed by atoms with E-state index in [0.29, 0.717) is 0 Å². The van der Waals surface area contributed by atoms with E-state index < -0.39 is 0 Å². The highest BCUT2D eigenvalue weighted by Gasteiger charge is 2.01. The Bertz CT molecular complexity index is 445. The molecule has 2 rings (SSSR count). The summed E-state index contributed by atoms with van der Waals surface area (Å²) < 4.78 is 2.07. The highest BCUT2D eigenvalue weighted by molar-refractivity contribution is 6.33. The molecule has 0 aliphatic heterocycles. The van der Waals surface area contributed by atoms with Gasteiger partial charge in [0.05, 0.1) is 17.0 Å². The van der Waals surface area contributed by atoms with Crippen molar-refractivity contribution in [3.8, 4) is 0 Å². The molecular formula is C13H16ClN3. The second-order valence-electron chi connectivity index (χ2n) is 4.01. The summed E-state index contributed by atoms with van der Waals surface area (Å²) in [5.41, 5.74) is 2.22. The van der Waals surface area contributed by atoms with E-state index in [9.17, 15) is 0 Å². The van der Waals surface area contributed by atoms with Gasteiger partial charge in [-0.25, -0.2) is 4.98 Å². The molecule has 1 N–H and O–H groups in total. The van der Waals surface area contributed by atoms with Crippen LogP contribution in [0.2, 0.25) is 5.02 Å². The van der Waals surface area contributed by atoms with Gasteiger partial charge in [0.1, 0.15) is 0 Å². The average molecular weight is 250 g/mol. The molecule has 90 valence electrons. The number of aryl methyl sites for hydroxylation is 2. The monoisotopic (exact) mass is 249 g/mol. The molecule has 0 aliphatic carbocycles. The molecule has 4 heteroatoms. The maximum atomic E-state index is 6.13. The first-order chi connectivity index (χ1) is 8.27. The molecule has 1 aromatic carbocycles. The number of imidazole rings is 1. The quantitative estimate of drug-likeness (QED) is 0.824. The van der Waals surface area contributed by atoms with Crippen molar-refractivity contribution in [2.24, 2.45) is 0 Å². The predicted molar refractivity (Wildman–Crippen MR) is 71.5 cm³/mol. The number of para-hydroxylation sites is 1. The van der Waals surface area contributed by atoms with Crippen molar-refractivity contribution in [1.82, 2.24) is 9.55 Å². The summed E-state index contributed by atoms with van der Waals surface area (Å²) in [4.78, 5) is 4.01. The molecule has 0 fully saturated rings. The minimum Gasteiger partial charge on any atom is -0.384 e. The van der Waals surface area contributed by atoms with Gasteiger partial charge < -0.3 is 9.88 Å². The predicted octanol–water partition coefficient (Wildman–Crippen LogP) is 3.35. The maximum absolute atomic E-state index is 6.13. The molecule has 0 aliphatic rings. The SMILES string of the molecule is Cc1cccc(Cl)c1NCCCn1ccnc1. The Balaban J connectivity index is 1.82. The number of aromatic nitrogens is 2. The van der Waals surface area contributed by atoms with Gasteiger partial charge >= 0.3 is 0 Å². The number of rotatable bonds is 5. The van der Waals surface area contributed by atoms with Crippen molar-refractivity contribution >= 4 is 17.3 Å². The highest BCUT2D eigenvalue weighted by atomic mass is 35.5. The van der Waals surface area contributed by atoms with Crippen molar-refractivity contribution in [2.45, 2.75) is 19.9 Å². The van der Waals surface area contributed by atoms with Crippen LogP contribution in [0.15, 0.2) is 36.9 Å². The minimum atomic E-state index is 0.785. The molecule has 0 unspecified atom stereocenters. The lowest BCUT2D eigenvalue weighted by molar-refractivity contribution is 0.660. The van der Waals surface area contributed by atoms with Crippen molar-refractivity contribution in [3.05, 3.63) is 47.5 Å². The molecule has 1 heterocycles. The second kappa shape index (κ2) is 5.73. The van der Waals surface area contributed by atoms with Crippen molar-refractivity contribution < 1.29 is 0 Å². The number of anilines is 1. The number of halogens is 1. The van der Waals surface area contributed by atoms with Gasteiger partial charge in [0, 0.05) is 25.5 Å². The van der Waals surface area contributed by atoms with Gasteiger partial charge in [-0.15, -0.1) is 0 Å². The van der Waals surface area contributed by atoms with E-state index in [1.54, 1.807) is 6.20 Å². The average Bonchev–Trinajstić information content (AvgIpc) is 2.80. The van der Waals surface area contributed by atoms with Gasteiger partial charge in [0.25, 0.3) is 0 Å². The van der Waals surface area contributed by atoms with Crippen LogP contribution in [0.4, 0.5) is 5.69 Å². The van der Waals surface area contributed by atoms with Crippen LogP contribution in [0.5, 0.6) is 0 Å². The van der Waals surface area contributed by atoms with Crippen molar-refractivity contribution in [1.29, 1.82) is 0 Å². The zero-order valence-electron chi connectivity index (χ0n) is 9.86. The third-order valence-corrected chi connectivity index (χ3v) is 2.99. The van der Waals surface area contributed by atoms with Gasteiger partial charge in [0.15, 0.2) is 0 Å². The minimum absolute atomic E-state index is 0.785. The number of hydrogen-bond acceptors (Lipinski definition) is 2. The van der Waals surface area contributed by atoms with Crippen molar-refractivity contribution in [3.63, 3.8) is 0 Å². The topological polar surface area (TPSA) is 29.9 Å². The Morgan fingerprint density at radius 3 is 3.00 bits per heavy atom. The summed E-state index contributed by atoms with van der Waals surface area (Å²) in [6.07, 6.45) is 6.65. The Morgan fingerprint density at radius 2 is 2.29 bits per heavy atom. The third kappa shape index (κ3) is 3.24. The third-order valence-electron chi connectivity index (χ3n) is 2.68. The molecule has 2 aromatic rings. The second-order valence-corrected chi connectivity index (χ2v) is 4.42. The highest BCUT2D eigenvalue weighted by Crippen LogP contribution is 2.24. The summed E-state index contributed by atoms with van der Waals surface area (Å²) >= 11 is 6.13. The molecule has 0 saturated carbocycles. The van der Waals surface area contributed by atoms with E-state index >= 15 is 0 Å². The van der Waals surface area contributed by atoms with Crippen molar-refractivity contribution in [2.75, 3.05) is 11.9 Å². The lowest BCUT2D eigenvalue weighted by Crippen LogP contribution is -2.07. The fraction of sp³-hybridized carbons (Fsp3) is 0.308. The molecule has 0 saturated heterocycles. The molecule has 3 nitrogen and oxygen atoms in total. The fourth-order valence-electron chi connectivity index (χ4n) is 1.75. The largest absolute Gasteiger partial charge is 0.384 e. The van der Waals surface area contributed by atoms with Crippen LogP contribution >= 0.6 is 11.6 Å². The molecule has 0 bridgehead atoms. The number of benzene rings is 1. The maximum Gasteiger partial charge on any atom is 0.0945 e. The van der Waals surface area contributed by atoms with Crippen LogP contribution in [0.1, 0.15) is 12.0 Å². The smallest absolute Gasteiger partial charge is 0.0945 e. The first-order valence-corrected chi connectivity index (χ1v) is 6.10. The lowest BCUT2D eigenvalue weighted by Gasteiger charge is -2.11. The van der Waals surface area contributed by atoms with Crippen LogP contribution in [0.25, 0.3) is 0 Å². The first kappa shape index (κ1) is 12.0. The fourth-order valence-corrected chi connectivity index (χ4v) is 2.04. The normalized spacial score (nSPS) is 10.5. The van der Waals surface area contributed by atoms with E-state index in [-0.39, 0.29) is 0 Å². The van der Waals surface area contributed by atoms with E-state index in [1.807, 2.05) is 24.7 Å². The zero-order valence-corrected chi connectivity index (χ0v) is 10.6. The first-order valence-electron chi connectivity index (χ1n) is 5.72. The summed E-state index contributed by atoms with van der Waals surface area (Å²) in [5, 5.41) is 4.16. The lowest BCUT2D eigenvalue weighted by atomic mass is 10.2. The van der Waals surface area contributed by atoms with E-state index in [1.165, 1.54) is 5.56 Å². The molecular weight excluding hydrogens is 234 g/mol. The van der Waals surface area contributed by atoms with Crippen LogP contribution in [-0.4, -0.2) is 16.1 Å². The summed E-state index contributed by atoms with van der Waals surface area (Å²) in [6, 6.07) is 5.94. The Hall–Kier alpha value is -1.48. The summed E-state index contributed by atoms with van der Waals surface area (Å²) in [6.45, 7) is 3.93. The van der Waals surface area contributed by atoms with Gasteiger partial charge in [-0.1, -0.05) is 23.7 Å². The van der Waals surface area contributed by atoms with Crippen LogP contribution in [0, 0.1) is 6.92 Å². The van der Waals surface area contributed by atoms with Crippen LogP contribution < -0.4 is 5.32 Å². The van der Waals surface area contributed by atoms with Gasteiger partial charge in [-0.2, -0.15) is 0 Å². The summed E-state index contributed by atoms with van der Waals surface area (Å²) in [7, 11) is 0. The van der Waals surface area contributed by atoms with E-state index in [2.05, 4.69) is 27.9 Å². The van der Waals surface area contributed by atoms with E-state index in [4.69, 9.17) is 11.6 Å². The standard InChI is InChI=1S/C13H16ClN3/c1-11-4-2-5-12(14)13(11)16-6-3-8-17-9-7-15-10-17/h2,4-5,7,9-10,16H,3,6,8H2,1H3. The number of hydrogen-bond donors (Lipinski definition) is 1. The molecule has 17 heavy (non-hydrogen) atoms. The Kier molecular flexibility index (Phi) is 4.04. The summed E-state index contributed by atoms with van der Waals surface area (Å²) in [5.74, 6) is 0. The van der Waals surface area contributed by atoms with E-state index in [0.717, 1.165) is 30.2 Å². The molecule has 0 atom stereocenters. The number of nitrogens with zero attached hydrogens (tertiary/aromatic N) is 2. The van der Waals surface area contributed by atoms with Gasteiger partial charge in [-0.05, 0) is 25.0 Å². The zero-order chi connectivity index (χ0) is 12.1. The van der Waals surface area contributed by atoms with Gasteiger partial charge in [-0.3, -0.25) is 0 Å². The van der Waals surface area contributed by atoms with Crippen LogP contribution in [0.3, 0.4) is 0 Å². The molecule has 0 amide bonds. The molecule has 0 spiro atoms. The number of nitrogens with one attached hydrogen (secondary N) is 1. The molecule has 0 radical (unpaired) electrons. The van der Waals surface area contributed by atoms with Crippen LogP contribution in [-0.2, 0) is 6.54 Å².